The zero-order valence-electron chi connectivity index (χ0n) is 13.2. The molecule has 1 amide bonds. The quantitative estimate of drug-likeness (QED) is 0.936. The van der Waals surface area contributed by atoms with E-state index in [-0.39, 0.29) is 11.9 Å². The van der Waals surface area contributed by atoms with Gasteiger partial charge in [0.05, 0.1) is 17.4 Å². The Bertz CT molecular complexity index is 670. The first-order chi connectivity index (χ1) is 10.6. The minimum Gasteiger partial charge on any atom is -0.350 e. The summed E-state index contributed by atoms with van der Waals surface area (Å²) in [5.41, 5.74) is 2.97. The van der Waals surface area contributed by atoms with Crippen LogP contribution in [0.4, 0.5) is 0 Å². The molecule has 22 heavy (non-hydrogen) atoms. The highest BCUT2D eigenvalue weighted by Crippen LogP contribution is 2.27. The SMILES string of the molecule is CCC(NC(=O)c1onc2c1CCCC2)c1nc(C)c(C)s1. The number of hydrogen-bond donors (Lipinski definition) is 1. The van der Waals surface area contributed by atoms with Crippen LogP contribution in [0.5, 0.6) is 0 Å². The maximum atomic E-state index is 12.5. The molecule has 1 N–H and O–H groups in total. The smallest absolute Gasteiger partial charge is 0.290 e. The number of carbonyl (C=O) groups excluding carboxylic acids is 1. The number of hydrogen-bond acceptors (Lipinski definition) is 5. The summed E-state index contributed by atoms with van der Waals surface area (Å²) in [4.78, 5) is 18.3. The molecule has 0 aliphatic heterocycles. The van der Waals surface area contributed by atoms with E-state index in [9.17, 15) is 4.79 Å². The fourth-order valence-electron chi connectivity index (χ4n) is 2.78. The molecule has 2 heterocycles. The second-order valence-electron chi connectivity index (χ2n) is 5.77. The molecule has 2 aromatic rings. The first kappa shape index (κ1) is 15.2. The average molecular weight is 319 g/mol. The van der Waals surface area contributed by atoms with Crippen LogP contribution in [-0.2, 0) is 12.8 Å². The fraction of sp³-hybridized carbons (Fsp3) is 0.562. The molecule has 0 bridgehead atoms. The Kier molecular flexibility index (Phi) is 4.29. The van der Waals surface area contributed by atoms with Crippen molar-refractivity contribution in [2.24, 2.45) is 0 Å². The van der Waals surface area contributed by atoms with Crippen LogP contribution in [0, 0.1) is 13.8 Å². The summed E-state index contributed by atoms with van der Waals surface area (Å²) in [6.07, 6.45) is 4.81. The molecule has 0 radical (unpaired) electrons. The summed E-state index contributed by atoms with van der Waals surface area (Å²) in [6.45, 7) is 6.10. The van der Waals surface area contributed by atoms with Crippen LogP contribution in [0.25, 0.3) is 0 Å². The second-order valence-corrected chi connectivity index (χ2v) is 7.01. The Morgan fingerprint density at radius 1 is 1.36 bits per heavy atom. The molecule has 0 saturated carbocycles. The van der Waals surface area contributed by atoms with Gasteiger partial charge in [0.25, 0.3) is 5.91 Å². The third kappa shape index (κ3) is 2.79. The highest BCUT2D eigenvalue weighted by Gasteiger charge is 2.26. The van der Waals surface area contributed by atoms with E-state index in [0.29, 0.717) is 5.76 Å². The van der Waals surface area contributed by atoms with Crippen LogP contribution < -0.4 is 5.32 Å². The normalized spacial score (nSPS) is 15.4. The molecule has 2 aromatic heterocycles. The average Bonchev–Trinajstić information content (AvgIpc) is 3.09. The first-order valence-electron chi connectivity index (χ1n) is 7.82. The van der Waals surface area contributed by atoms with Gasteiger partial charge in [0.15, 0.2) is 0 Å². The standard InChI is InChI=1S/C16H21N3O2S/c1-4-12(16-17-9(2)10(3)22-16)18-15(20)14-11-7-5-6-8-13(11)19-21-14/h12H,4-8H2,1-3H3,(H,18,20). The van der Waals surface area contributed by atoms with Crippen LogP contribution >= 0.6 is 11.3 Å². The van der Waals surface area contributed by atoms with Crippen molar-refractivity contribution in [1.29, 1.82) is 0 Å². The fourth-order valence-corrected chi connectivity index (χ4v) is 3.84. The van der Waals surface area contributed by atoms with Gasteiger partial charge < -0.3 is 9.84 Å². The molecule has 1 aliphatic rings. The monoisotopic (exact) mass is 319 g/mol. The molecule has 3 rings (SSSR count). The van der Waals surface area contributed by atoms with Gasteiger partial charge in [-0.2, -0.15) is 0 Å². The molecule has 0 saturated heterocycles. The van der Waals surface area contributed by atoms with Crippen LogP contribution in [0.1, 0.15) is 69.6 Å². The van der Waals surface area contributed by atoms with Crippen molar-refractivity contribution in [3.63, 3.8) is 0 Å². The van der Waals surface area contributed by atoms with E-state index in [1.54, 1.807) is 11.3 Å². The summed E-state index contributed by atoms with van der Waals surface area (Å²) in [7, 11) is 0. The number of carbonyl (C=O) groups is 1. The predicted molar refractivity (Wildman–Crippen MR) is 85.2 cm³/mol. The lowest BCUT2D eigenvalue weighted by molar-refractivity contribution is 0.0896. The van der Waals surface area contributed by atoms with Gasteiger partial charge in [-0.1, -0.05) is 12.1 Å². The van der Waals surface area contributed by atoms with E-state index in [1.165, 1.54) is 4.88 Å². The minimum atomic E-state index is -0.173. The third-order valence-corrected chi connectivity index (χ3v) is 5.41. The number of rotatable bonds is 4. The van der Waals surface area contributed by atoms with Crippen molar-refractivity contribution in [3.05, 3.63) is 32.6 Å². The summed E-state index contributed by atoms with van der Waals surface area (Å²) >= 11 is 1.64. The van der Waals surface area contributed by atoms with E-state index in [2.05, 4.69) is 22.4 Å². The summed E-state index contributed by atoms with van der Waals surface area (Å²) in [5.74, 6) is 0.214. The molecule has 1 aliphatic carbocycles. The number of thiazole rings is 1. The van der Waals surface area contributed by atoms with Gasteiger partial charge >= 0.3 is 0 Å². The van der Waals surface area contributed by atoms with Gasteiger partial charge in [-0.05, 0) is 46.0 Å². The van der Waals surface area contributed by atoms with Gasteiger partial charge in [-0.15, -0.1) is 11.3 Å². The second kappa shape index (κ2) is 6.20. The van der Waals surface area contributed by atoms with Crippen molar-refractivity contribution < 1.29 is 9.32 Å². The third-order valence-electron chi connectivity index (χ3n) is 4.22. The molecule has 5 nitrogen and oxygen atoms in total. The number of aromatic nitrogens is 2. The number of aryl methyl sites for hydroxylation is 3. The van der Waals surface area contributed by atoms with Crippen molar-refractivity contribution >= 4 is 17.2 Å². The van der Waals surface area contributed by atoms with E-state index >= 15 is 0 Å². The van der Waals surface area contributed by atoms with E-state index in [4.69, 9.17) is 4.52 Å². The summed E-state index contributed by atoms with van der Waals surface area (Å²) < 4.78 is 5.31. The molecule has 118 valence electrons. The van der Waals surface area contributed by atoms with Gasteiger partial charge in [-0.3, -0.25) is 4.79 Å². The number of fused-ring (bicyclic) bond motifs is 1. The van der Waals surface area contributed by atoms with Crippen LogP contribution in [0.2, 0.25) is 0 Å². The molecule has 1 atom stereocenters. The largest absolute Gasteiger partial charge is 0.350 e. The van der Waals surface area contributed by atoms with E-state index in [1.807, 2.05) is 13.8 Å². The molecular weight excluding hydrogens is 298 g/mol. The van der Waals surface area contributed by atoms with E-state index < -0.39 is 0 Å². The molecule has 6 heteroatoms. The number of nitrogens with zero attached hydrogens (tertiary/aromatic N) is 2. The van der Waals surface area contributed by atoms with Crippen molar-refractivity contribution in [2.75, 3.05) is 0 Å². The maximum Gasteiger partial charge on any atom is 0.290 e. The van der Waals surface area contributed by atoms with Crippen molar-refractivity contribution in [1.82, 2.24) is 15.5 Å². The van der Waals surface area contributed by atoms with Gasteiger partial charge in [0.2, 0.25) is 5.76 Å². The van der Waals surface area contributed by atoms with Crippen LogP contribution in [0.15, 0.2) is 4.52 Å². The molecule has 0 spiro atoms. The van der Waals surface area contributed by atoms with Crippen LogP contribution in [0.3, 0.4) is 0 Å². The Morgan fingerprint density at radius 3 is 2.82 bits per heavy atom. The molecule has 1 unspecified atom stereocenters. The van der Waals surface area contributed by atoms with Gasteiger partial charge in [0, 0.05) is 10.4 Å². The zero-order chi connectivity index (χ0) is 15.7. The first-order valence-corrected chi connectivity index (χ1v) is 8.64. The maximum absolute atomic E-state index is 12.5. The highest BCUT2D eigenvalue weighted by molar-refractivity contribution is 7.11. The Morgan fingerprint density at radius 2 is 2.14 bits per heavy atom. The molecule has 0 fully saturated rings. The lowest BCUT2D eigenvalue weighted by Crippen LogP contribution is -2.28. The number of amides is 1. The predicted octanol–water partition coefficient (Wildman–Crippen LogP) is 3.51. The Balaban J connectivity index is 1.79. The summed E-state index contributed by atoms with van der Waals surface area (Å²) in [6, 6.07) is -0.0748. The lowest BCUT2D eigenvalue weighted by atomic mass is 9.96. The number of nitrogens with one attached hydrogen (secondary N) is 1. The minimum absolute atomic E-state index is 0.0748. The van der Waals surface area contributed by atoms with Crippen LogP contribution in [-0.4, -0.2) is 16.0 Å². The van der Waals surface area contributed by atoms with Crippen molar-refractivity contribution in [3.8, 4) is 0 Å². The Labute approximate surface area is 134 Å². The topological polar surface area (TPSA) is 68.0 Å². The van der Waals surface area contributed by atoms with Gasteiger partial charge in [0.1, 0.15) is 5.01 Å². The Hall–Kier alpha value is -1.69. The highest BCUT2D eigenvalue weighted by atomic mass is 32.1. The van der Waals surface area contributed by atoms with Crippen molar-refractivity contribution in [2.45, 2.75) is 58.9 Å². The molecule has 0 aromatic carbocycles. The molecular formula is C16H21N3O2S. The van der Waals surface area contributed by atoms with E-state index in [0.717, 1.165) is 54.1 Å². The lowest BCUT2D eigenvalue weighted by Gasteiger charge is -2.14. The van der Waals surface area contributed by atoms with Gasteiger partial charge in [-0.25, -0.2) is 4.98 Å². The zero-order valence-corrected chi connectivity index (χ0v) is 14.0. The summed E-state index contributed by atoms with van der Waals surface area (Å²) in [5, 5.41) is 8.06.